The Kier molecular flexibility index (Phi) is 5.43. The molecular formula is C11H12BrClN2O3. The van der Waals surface area contributed by atoms with Gasteiger partial charge in [-0.25, -0.2) is 9.59 Å². The summed E-state index contributed by atoms with van der Waals surface area (Å²) in [7, 11) is 0. The SMILES string of the molecule is CCC(NC(=O)Nc1ccc(Cl)cc1Br)C(=O)O. The van der Waals surface area contributed by atoms with Gasteiger partial charge in [0.2, 0.25) is 0 Å². The first-order chi connectivity index (χ1) is 8.43. The zero-order chi connectivity index (χ0) is 13.7. The van der Waals surface area contributed by atoms with Gasteiger partial charge in [-0.3, -0.25) is 0 Å². The van der Waals surface area contributed by atoms with Crippen LogP contribution in [0.4, 0.5) is 10.5 Å². The van der Waals surface area contributed by atoms with Gasteiger partial charge in [-0.05, 0) is 40.5 Å². The zero-order valence-corrected chi connectivity index (χ0v) is 11.9. The van der Waals surface area contributed by atoms with Gasteiger partial charge in [0.1, 0.15) is 6.04 Å². The second-order valence-electron chi connectivity index (χ2n) is 3.52. The number of carbonyl (C=O) groups excluding carboxylic acids is 1. The lowest BCUT2D eigenvalue weighted by Gasteiger charge is -2.14. The molecule has 1 atom stereocenters. The second kappa shape index (κ2) is 6.61. The molecule has 5 nitrogen and oxygen atoms in total. The smallest absolute Gasteiger partial charge is 0.326 e. The van der Waals surface area contributed by atoms with Crippen molar-refractivity contribution >= 4 is 45.2 Å². The summed E-state index contributed by atoms with van der Waals surface area (Å²) >= 11 is 9.01. The van der Waals surface area contributed by atoms with Crippen molar-refractivity contribution in [3.05, 3.63) is 27.7 Å². The van der Waals surface area contributed by atoms with Crippen molar-refractivity contribution < 1.29 is 14.7 Å². The minimum absolute atomic E-state index is 0.310. The Morgan fingerprint density at radius 2 is 2.17 bits per heavy atom. The fourth-order valence-electron chi connectivity index (χ4n) is 1.25. The summed E-state index contributed by atoms with van der Waals surface area (Å²) < 4.78 is 0.619. The Morgan fingerprint density at radius 3 is 2.67 bits per heavy atom. The molecule has 1 aromatic rings. The fraction of sp³-hybridized carbons (Fsp3) is 0.273. The van der Waals surface area contributed by atoms with E-state index in [-0.39, 0.29) is 0 Å². The number of hydrogen-bond acceptors (Lipinski definition) is 2. The minimum atomic E-state index is -1.07. The van der Waals surface area contributed by atoms with Crippen molar-refractivity contribution in [1.29, 1.82) is 0 Å². The molecule has 1 unspecified atom stereocenters. The molecule has 98 valence electrons. The number of benzene rings is 1. The lowest BCUT2D eigenvalue weighted by atomic mass is 10.2. The number of carbonyl (C=O) groups is 2. The number of urea groups is 1. The van der Waals surface area contributed by atoms with Crippen molar-refractivity contribution in [2.45, 2.75) is 19.4 Å². The molecule has 0 radical (unpaired) electrons. The summed E-state index contributed by atoms with van der Waals surface area (Å²) in [4.78, 5) is 22.3. The number of anilines is 1. The maximum Gasteiger partial charge on any atom is 0.326 e. The van der Waals surface area contributed by atoms with E-state index < -0.39 is 18.0 Å². The first-order valence-electron chi connectivity index (χ1n) is 5.19. The molecule has 18 heavy (non-hydrogen) atoms. The molecule has 0 fully saturated rings. The van der Waals surface area contributed by atoms with E-state index in [1.807, 2.05) is 0 Å². The standard InChI is InChI=1S/C11H12BrClN2O3/c1-2-8(10(16)17)14-11(18)15-9-4-3-6(13)5-7(9)12/h3-5,8H,2H2,1H3,(H,16,17)(H2,14,15,18). The molecule has 0 spiro atoms. The monoisotopic (exact) mass is 334 g/mol. The van der Waals surface area contributed by atoms with Crippen LogP contribution in [0, 0.1) is 0 Å². The predicted molar refractivity (Wildman–Crippen MR) is 73.0 cm³/mol. The maximum absolute atomic E-state index is 11.6. The van der Waals surface area contributed by atoms with Gasteiger partial charge >= 0.3 is 12.0 Å². The van der Waals surface area contributed by atoms with Gasteiger partial charge < -0.3 is 15.7 Å². The number of aliphatic carboxylic acids is 1. The molecule has 0 bridgehead atoms. The van der Waals surface area contributed by atoms with Gasteiger partial charge in [-0.1, -0.05) is 18.5 Å². The van der Waals surface area contributed by atoms with Crippen LogP contribution in [0.2, 0.25) is 5.02 Å². The summed E-state index contributed by atoms with van der Waals surface area (Å²) in [6, 6.07) is 3.39. The molecule has 2 amide bonds. The quantitative estimate of drug-likeness (QED) is 0.791. The van der Waals surface area contributed by atoms with Gasteiger partial charge in [0.25, 0.3) is 0 Å². The summed E-state index contributed by atoms with van der Waals surface area (Å²) in [5.41, 5.74) is 0.511. The number of hydrogen-bond donors (Lipinski definition) is 3. The van der Waals surface area contributed by atoms with Crippen molar-refractivity contribution in [2.75, 3.05) is 5.32 Å². The molecule has 3 N–H and O–H groups in total. The Hall–Kier alpha value is -1.27. The van der Waals surface area contributed by atoms with Crippen LogP contribution in [0.15, 0.2) is 22.7 Å². The van der Waals surface area contributed by atoms with Crippen LogP contribution in [-0.4, -0.2) is 23.1 Å². The maximum atomic E-state index is 11.6. The molecule has 1 aromatic carbocycles. The molecule has 0 heterocycles. The average molecular weight is 336 g/mol. The molecule has 7 heteroatoms. The predicted octanol–water partition coefficient (Wildman–Crippen LogP) is 3.09. The Labute approximate surface area is 118 Å². The van der Waals surface area contributed by atoms with Crippen LogP contribution >= 0.6 is 27.5 Å². The minimum Gasteiger partial charge on any atom is -0.480 e. The van der Waals surface area contributed by atoms with Crippen LogP contribution < -0.4 is 10.6 Å². The van der Waals surface area contributed by atoms with Crippen LogP contribution in [0.25, 0.3) is 0 Å². The van der Waals surface area contributed by atoms with Gasteiger partial charge in [-0.15, -0.1) is 0 Å². The third kappa shape index (κ3) is 4.19. The van der Waals surface area contributed by atoms with E-state index in [4.69, 9.17) is 16.7 Å². The molecule has 0 aliphatic rings. The first kappa shape index (κ1) is 14.8. The molecule has 0 aliphatic carbocycles. The van der Waals surface area contributed by atoms with Crippen LogP contribution in [0.1, 0.15) is 13.3 Å². The summed E-state index contributed by atoms with van der Waals surface area (Å²) in [5.74, 6) is -1.07. The average Bonchev–Trinajstić information content (AvgIpc) is 2.29. The summed E-state index contributed by atoms with van der Waals surface area (Å²) in [5, 5.41) is 14.2. The zero-order valence-electron chi connectivity index (χ0n) is 9.54. The van der Waals surface area contributed by atoms with Gasteiger partial charge in [0.05, 0.1) is 5.69 Å². The number of halogens is 2. The van der Waals surface area contributed by atoms with E-state index in [1.54, 1.807) is 25.1 Å². The third-order valence-corrected chi connectivity index (χ3v) is 3.08. The normalized spacial score (nSPS) is 11.7. The highest BCUT2D eigenvalue weighted by Gasteiger charge is 2.17. The van der Waals surface area contributed by atoms with Gasteiger partial charge in [0, 0.05) is 9.50 Å². The highest BCUT2D eigenvalue weighted by atomic mass is 79.9. The number of amides is 2. The largest absolute Gasteiger partial charge is 0.480 e. The van der Waals surface area contributed by atoms with Crippen molar-refractivity contribution in [3.8, 4) is 0 Å². The fourth-order valence-corrected chi connectivity index (χ4v) is 2.03. The number of rotatable bonds is 4. The van der Waals surface area contributed by atoms with Crippen molar-refractivity contribution in [3.63, 3.8) is 0 Å². The van der Waals surface area contributed by atoms with Crippen molar-refractivity contribution in [1.82, 2.24) is 5.32 Å². The summed E-state index contributed by atoms with van der Waals surface area (Å²) in [6.07, 6.45) is 0.310. The molecule has 0 saturated heterocycles. The van der Waals surface area contributed by atoms with E-state index in [9.17, 15) is 9.59 Å². The van der Waals surface area contributed by atoms with Gasteiger partial charge in [-0.2, -0.15) is 0 Å². The Bertz CT molecular complexity index is 468. The van der Waals surface area contributed by atoms with E-state index in [1.165, 1.54) is 0 Å². The van der Waals surface area contributed by atoms with Crippen LogP contribution in [-0.2, 0) is 4.79 Å². The number of carboxylic acids is 1. The number of nitrogens with one attached hydrogen (secondary N) is 2. The highest BCUT2D eigenvalue weighted by molar-refractivity contribution is 9.10. The molecule has 0 aromatic heterocycles. The highest BCUT2D eigenvalue weighted by Crippen LogP contribution is 2.25. The molecular weight excluding hydrogens is 323 g/mol. The lowest BCUT2D eigenvalue weighted by molar-refractivity contribution is -0.139. The third-order valence-electron chi connectivity index (χ3n) is 2.19. The Balaban J connectivity index is 2.67. The molecule has 0 aliphatic heterocycles. The second-order valence-corrected chi connectivity index (χ2v) is 4.81. The van der Waals surface area contributed by atoms with E-state index in [2.05, 4.69) is 26.6 Å². The molecule has 1 rings (SSSR count). The van der Waals surface area contributed by atoms with Gasteiger partial charge in [0.15, 0.2) is 0 Å². The van der Waals surface area contributed by atoms with Crippen molar-refractivity contribution in [2.24, 2.45) is 0 Å². The van der Waals surface area contributed by atoms with Crippen LogP contribution in [0.5, 0.6) is 0 Å². The topological polar surface area (TPSA) is 78.4 Å². The van der Waals surface area contributed by atoms with E-state index in [0.717, 1.165) is 0 Å². The Morgan fingerprint density at radius 1 is 1.50 bits per heavy atom. The molecule has 0 saturated carbocycles. The summed E-state index contributed by atoms with van der Waals surface area (Å²) in [6.45, 7) is 1.68. The first-order valence-corrected chi connectivity index (χ1v) is 6.36. The lowest BCUT2D eigenvalue weighted by Crippen LogP contribution is -2.42. The number of carboxylic acid groups (broad SMARTS) is 1. The van der Waals surface area contributed by atoms with E-state index >= 15 is 0 Å². The van der Waals surface area contributed by atoms with E-state index in [0.29, 0.717) is 21.6 Å². The van der Waals surface area contributed by atoms with Crippen LogP contribution in [0.3, 0.4) is 0 Å².